The van der Waals surface area contributed by atoms with E-state index in [-0.39, 0.29) is 57.2 Å². The van der Waals surface area contributed by atoms with Gasteiger partial charge in [-0.1, -0.05) is 34.8 Å². The molecule has 2 nitrogen and oxygen atoms in total. The first-order chi connectivity index (χ1) is 2.56. The van der Waals surface area contributed by atoms with Crippen LogP contribution in [-0.4, -0.2) is 69.9 Å². The maximum absolute atomic E-state index is 8.01. The summed E-state index contributed by atoms with van der Waals surface area (Å²) in [6.45, 7) is -0.433. The fourth-order valence-corrected chi connectivity index (χ4v) is 0. The van der Waals surface area contributed by atoms with Crippen molar-refractivity contribution in [2.75, 3.05) is 6.61 Å². The van der Waals surface area contributed by atoms with E-state index in [1.54, 1.807) is 0 Å². The van der Waals surface area contributed by atoms with Crippen LogP contribution in [0.4, 0.5) is 0 Å². The van der Waals surface area contributed by atoms with Crippen molar-refractivity contribution in [2.24, 2.45) is 0 Å². The van der Waals surface area contributed by atoms with Gasteiger partial charge in [0.15, 0.2) is 0 Å². The van der Waals surface area contributed by atoms with Gasteiger partial charge in [0.2, 0.25) is 3.79 Å². The zero-order chi connectivity index (χ0) is 5.21. The van der Waals surface area contributed by atoms with Gasteiger partial charge in [-0.3, -0.25) is 0 Å². The van der Waals surface area contributed by atoms with Gasteiger partial charge < -0.3 is 13.4 Å². The third-order valence-electron chi connectivity index (χ3n) is 0.179. The molecule has 0 aromatic carbocycles. The summed E-state index contributed by atoms with van der Waals surface area (Å²) in [6.07, 6.45) is 0. The van der Waals surface area contributed by atoms with E-state index in [0.29, 0.717) is 0 Å². The maximum atomic E-state index is 8.01. The van der Waals surface area contributed by atoms with E-state index in [9.17, 15) is 0 Å². The van der Waals surface area contributed by atoms with E-state index < -0.39 is 10.4 Å². The van der Waals surface area contributed by atoms with Gasteiger partial charge in [-0.15, -0.1) is 0 Å². The first-order valence-corrected chi connectivity index (χ1v) is 2.37. The predicted octanol–water partition coefficient (Wildman–Crippen LogP) is 0.368. The topological polar surface area (TPSA) is 51.7 Å². The van der Waals surface area contributed by atoms with Crippen molar-refractivity contribution in [3.63, 3.8) is 0 Å². The third-order valence-corrected chi connectivity index (χ3v) is 0.538. The SMILES string of the molecule is O.OCC(Cl)(Cl)Cl.[Ba+2].[H-].[H-]. The normalized spacial score (nSPS) is 9.00. The fraction of sp³-hybridized carbons (Fsp3) is 1.00. The molecule has 0 aromatic rings. The molecule has 0 saturated heterocycles. The van der Waals surface area contributed by atoms with Gasteiger partial charge >= 0.3 is 48.9 Å². The molecule has 0 saturated carbocycles. The number of hydrogen-bond donors (Lipinski definition) is 1. The first kappa shape index (κ1) is 16.8. The fourth-order valence-electron chi connectivity index (χ4n) is 0. The molecule has 3 N–H and O–H groups in total. The Balaban J connectivity index is -0.0000000208. The largest absolute Gasteiger partial charge is 2.00 e. The minimum atomic E-state index is -1.49. The number of aliphatic hydroxyl groups excluding tert-OH is 1. The Hall–Kier alpha value is 2.36. The van der Waals surface area contributed by atoms with Crippen LogP contribution in [-0.2, 0) is 0 Å². The Bertz CT molecular complexity index is 52.3. The van der Waals surface area contributed by atoms with Crippen LogP contribution < -0.4 is 0 Å². The summed E-state index contributed by atoms with van der Waals surface area (Å²) in [5, 5.41) is 8.01. The van der Waals surface area contributed by atoms with Gasteiger partial charge in [0.25, 0.3) is 0 Å². The molecule has 0 spiro atoms. The average molecular weight is 307 g/mol. The zero-order valence-electron chi connectivity index (χ0n) is 6.00. The smallest absolute Gasteiger partial charge is 1.00 e. The van der Waals surface area contributed by atoms with Gasteiger partial charge in [-0.05, 0) is 0 Å². The second-order valence-corrected chi connectivity index (χ2v) is 3.29. The molecule has 0 aromatic heterocycles. The van der Waals surface area contributed by atoms with Crippen molar-refractivity contribution in [2.45, 2.75) is 3.79 Å². The Morgan fingerprint density at radius 3 is 1.50 bits per heavy atom. The van der Waals surface area contributed by atoms with E-state index in [1.165, 1.54) is 0 Å². The molecule has 6 heteroatoms. The summed E-state index contributed by atoms with van der Waals surface area (Å²) >= 11 is 15.0. The first-order valence-electron chi connectivity index (χ1n) is 1.24. The number of alkyl halides is 3. The molecule has 8 heavy (non-hydrogen) atoms. The Labute approximate surface area is 106 Å². The summed E-state index contributed by atoms with van der Waals surface area (Å²) in [5.74, 6) is 0. The molecule has 0 fully saturated rings. The quantitative estimate of drug-likeness (QED) is 0.510. The van der Waals surface area contributed by atoms with E-state index in [4.69, 9.17) is 39.9 Å². The van der Waals surface area contributed by atoms with Crippen molar-refractivity contribution in [3.8, 4) is 0 Å². The van der Waals surface area contributed by atoms with Crippen LogP contribution in [0.5, 0.6) is 0 Å². The molecule has 0 unspecified atom stereocenters. The summed E-state index contributed by atoms with van der Waals surface area (Å²) in [4.78, 5) is 0. The van der Waals surface area contributed by atoms with Gasteiger partial charge in [0.05, 0.1) is 6.61 Å². The van der Waals surface area contributed by atoms with Gasteiger partial charge in [-0.25, -0.2) is 0 Å². The van der Waals surface area contributed by atoms with Crippen LogP contribution in [0.2, 0.25) is 0 Å². The molecule has 0 rings (SSSR count). The number of rotatable bonds is 0. The zero-order valence-corrected chi connectivity index (χ0v) is 10.7. The molecule has 0 radical (unpaired) electrons. The van der Waals surface area contributed by atoms with Crippen LogP contribution in [0.3, 0.4) is 0 Å². The van der Waals surface area contributed by atoms with E-state index in [0.717, 1.165) is 0 Å². The van der Waals surface area contributed by atoms with Gasteiger partial charge in [0.1, 0.15) is 0 Å². The Morgan fingerprint density at radius 1 is 1.38 bits per heavy atom. The van der Waals surface area contributed by atoms with Gasteiger partial charge in [0, 0.05) is 0 Å². The van der Waals surface area contributed by atoms with Crippen molar-refractivity contribution in [1.82, 2.24) is 0 Å². The molecule has 0 amide bonds. The van der Waals surface area contributed by atoms with E-state index >= 15 is 0 Å². The van der Waals surface area contributed by atoms with Crippen LogP contribution >= 0.6 is 34.8 Å². The predicted molar refractivity (Wildman–Crippen MR) is 39.0 cm³/mol. The molecular formula is C2H7BaCl3O2. The Morgan fingerprint density at radius 2 is 1.50 bits per heavy atom. The van der Waals surface area contributed by atoms with Crippen LogP contribution in [0.25, 0.3) is 0 Å². The van der Waals surface area contributed by atoms with E-state index in [2.05, 4.69) is 0 Å². The van der Waals surface area contributed by atoms with Crippen molar-refractivity contribution >= 4 is 83.7 Å². The molecule has 0 aliphatic carbocycles. The van der Waals surface area contributed by atoms with Gasteiger partial charge in [-0.2, -0.15) is 0 Å². The summed E-state index contributed by atoms with van der Waals surface area (Å²) in [7, 11) is 0. The van der Waals surface area contributed by atoms with Crippen LogP contribution in [0, 0.1) is 0 Å². The van der Waals surface area contributed by atoms with Crippen molar-refractivity contribution < 1.29 is 13.4 Å². The van der Waals surface area contributed by atoms with Crippen molar-refractivity contribution in [3.05, 3.63) is 0 Å². The number of hydrogen-bond acceptors (Lipinski definition) is 1. The molecule has 0 bridgehead atoms. The maximum Gasteiger partial charge on any atom is 2.00 e. The molecule has 0 heterocycles. The number of halogens is 3. The monoisotopic (exact) mass is 306 g/mol. The molecule has 0 atom stereocenters. The second-order valence-electron chi connectivity index (χ2n) is 0.773. The second kappa shape index (κ2) is 7.47. The summed E-state index contributed by atoms with van der Waals surface area (Å²) in [5.41, 5.74) is 0. The van der Waals surface area contributed by atoms with E-state index in [1.807, 2.05) is 0 Å². The third kappa shape index (κ3) is 15.8. The minimum absolute atomic E-state index is 0. The van der Waals surface area contributed by atoms with Crippen LogP contribution in [0.15, 0.2) is 0 Å². The molecule has 50 valence electrons. The molecule has 0 aliphatic heterocycles. The number of aliphatic hydroxyl groups is 1. The molecule has 0 aliphatic rings. The van der Waals surface area contributed by atoms with Crippen molar-refractivity contribution in [1.29, 1.82) is 0 Å². The summed E-state index contributed by atoms with van der Waals surface area (Å²) < 4.78 is -1.49. The average Bonchev–Trinajstić information content (AvgIpc) is 1.35. The van der Waals surface area contributed by atoms with Crippen LogP contribution in [0.1, 0.15) is 2.85 Å². The summed E-state index contributed by atoms with van der Waals surface area (Å²) in [6, 6.07) is 0. The minimum Gasteiger partial charge on any atom is -1.00 e. The molecular weight excluding hydrogens is 300 g/mol. The Kier molecular flexibility index (Phi) is 15.6. The standard InChI is InChI=1S/C2H3Cl3O.Ba.H2O.2H/c3-2(4,5)1-6;;;;/h6H,1H2;;1H2;;/q;+2;;2*-1.